The molecule has 25 heavy (non-hydrogen) atoms. The Bertz CT molecular complexity index is 958. The Kier molecular flexibility index (Phi) is 5.08. The van der Waals surface area contributed by atoms with Crippen molar-refractivity contribution in [3.8, 4) is 0 Å². The topological polar surface area (TPSA) is 64.0 Å². The van der Waals surface area contributed by atoms with Gasteiger partial charge in [0.25, 0.3) is 11.3 Å². The normalized spacial score (nSPS) is 11.0. The second-order valence-corrected chi connectivity index (χ2v) is 6.21. The summed E-state index contributed by atoms with van der Waals surface area (Å²) in [5.74, 6) is -2.93. The zero-order valence-corrected chi connectivity index (χ0v) is 13.7. The maximum Gasteiger partial charge on any atom is 0.288 e. The van der Waals surface area contributed by atoms with Crippen LogP contribution in [0.2, 0.25) is 0 Å². The number of benzene rings is 2. The molecule has 0 fully saturated rings. The number of alkyl halides is 2. The first-order chi connectivity index (χ1) is 12.0. The molecule has 0 aliphatic rings. The summed E-state index contributed by atoms with van der Waals surface area (Å²) in [6, 6.07) is 13.0. The van der Waals surface area contributed by atoms with Crippen molar-refractivity contribution in [2.75, 3.05) is 5.32 Å². The summed E-state index contributed by atoms with van der Waals surface area (Å²) < 4.78 is 25.6. The Morgan fingerprint density at radius 1 is 1.16 bits per heavy atom. The number of hydrogen-bond donors (Lipinski definition) is 1. The molecule has 0 saturated heterocycles. The van der Waals surface area contributed by atoms with Crippen LogP contribution < -0.4 is 10.9 Å². The summed E-state index contributed by atoms with van der Waals surface area (Å²) in [6.07, 6.45) is 1.53. The number of halogens is 2. The first-order valence-electron chi connectivity index (χ1n) is 7.32. The lowest BCUT2D eigenvalue weighted by molar-refractivity contribution is -0.117. The molecule has 3 rings (SSSR count). The largest absolute Gasteiger partial charge is 0.324 e. The van der Waals surface area contributed by atoms with Gasteiger partial charge in [0.15, 0.2) is 0 Å². The van der Waals surface area contributed by atoms with E-state index in [0.29, 0.717) is 33.1 Å². The minimum absolute atomic E-state index is 0.239. The first kappa shape index (κ1) is 17.1. The van der Waals surface area contributed by atoms with Crippen LogP contribution in [-0.4, -0.2) is 21.4 Å². The van der Waals surface area contributed by atoms with Crippen molar-refractivity contribution in [1.29, 1.82) is 0 Å². The van der Waals surface area contributed by atoms with Gasteiger partial charge in [-0.1, -0.05) is 30.0 Å². The molecular formula is C17H13F2N3O2S. The highest BCUT2D eigenvalue weighted by Crippen LogP contribution is 2.26. The fraction of sp³-hybridized carbons (Fsp3) is 0.118. The van der Waals surface area contributed by atoms with Crippen LogP contribution in [0.1, 0.15) is 0 Å². The van der Waals surface area contributed by atoms with Crippen molar-refractivity contribution >= 4 is 34.1 Å². The number of fused-ring (bicyclic) bond motifs is 1. The molecule has 8 heteroatoms. The molecule has 0 bridgehead atoms. The molecule has 2 aromatic carbocycles. The van der Waals surface area contributed by atoms with Crippen molar-refractivity contribution in [2.45, 2.75) is 17.2 Å². The van der Waals surface area contributed by atoms with Crippen molar-refractivity contribution in [3.05, 3.63) is 65.1 Å². The summed E-state index contributed by atoms with van der Waals surface area (Å²) in [7, 11) is 0. The Labute approximate surface area is 145 Å². The van der Waals surface area contributed by atoms with E-state index in [4.69, 9.17) is 0 Å². The van der Waals surface area contributed by atoms with E-state index in [1.807, 2.05) is 0 Å². The van der Waals surface area contributed by atoms with Gasteiger partial charge in [-0.25, -0.2) is 4.68 Å². The van der Waals surface area contributed by atoms with Gasteiger partial charge in [0.2, 0.25) is 5.91 Å². The lowest BCUT2D eigenvalue weighted by Gasteiger charge is -2.08. The number of nitrogens with zero attached hydrogens (tertiary/aromatic N) is 2. The maximum atomic E-state index is 12.3. The standard InChI is InChI=1S/C17H13F2N3O2S/c18-17(19)25-13-7-5-12(6-8-13)21-15(23)10-22-16(24)14-4-2-1-3-11(14)9-20-22/h1-9,17H,10H2,(H,21,23). The Morgan fingerprint density at radius 2 is 1.88 bits per heavy atom. The third-order valence-electron chi connectivity index (χ3n) is 3.42. The van der Waals surface area contributed by atoms with Gasteiger partial charge in [-0.3, -0.25) is 9.59 Å². The number of carbonyl (C=O) groups excluding carboxylic acids is 1. The first-order valence-corrected chi connectivity index (χ1v) is 8.20. The van der Waals surface area contributed by atoms with Crippen molar-refractivity contribution in [2.24, 2.45) is 0 Å². The molecule has 1 amide bonds. The maximum absolute atomic E-state index is 12.3. The van der Waals surface area contributed by atoms with Crippen LogP contribution in [-0.2, 0) is 11.3 Å². The molecule has 0 atom stereocenters. The second-order valence-electron chi connectivity index (χ2n) is 5.15. The van der Waals surface area contributed by atoms with Crippen LogP contribution in [0.3, 0.4) is 0 Å². The number of thioether (sulfide) groups is 1. The van der Waals surface area contributed by atoms with Crippen LogP contribution in [0.25, 0.3) is 10.8 Å². The van der Waals surface area contributed by atoms with E-state index in [9.17, 15) is 18.4 Å². The molecule has 5 nitrogen and oxygen atoms in total. The van der Waals surface area contributed by atoms with Gasteiger partial charge in [-0.15, -0.1) is 0 Å². The molecule has 1 N–H and O–H groups in total. The SMILES string of the molecule is O=C(Cn1ncc2ccccc2c1=O)Nc1ccc(SC(F)F)cc1. The lowest BCUT2D eigenvalue weighted by Crippen LogP contribution is -2.29. The van der Waals surface area contributed by atoms with Crippen LogP contribution in [0, 0.1) is 0 Å². The molecule has 0 saturated carbocycles. The Hall–Kier alpha value is -2.74. The minimum atomic E-state index is -2.49. The van der Waals surface area contributed by atoms with Crippen LogP contribution in [0.5, 0.6) is 0 Å². The van der Waals surface area contributed by atoms with Gasteiger partial charge in [0.05, 0.1) is 11.6 Å². The summed E-state index contributed by atoms with van der Waals surface area (Å²) in [6.45, 7) is -0.239. The number of hydrogen-bond acceptors (Lipinski definition) is 4. The highest BCUT2D eigenvalue weighted by molar-refractivity contribution is 7.99. The highest BCUT2D eigenvalue weighted by Gasteiger charge is 2.09. The van der Waals surface area contributed by atoms with E-state index in [1.54, 1.807) is 24.3 Å². The van der Waals surface area contributed by atoms with Crippen LogP contribution >= 0.6 is 11.8 Å². The smallest absolute Gasteiger partial charge is 0.288 e. The fourth-order valence-electron chi connectivity index (χ4n) is 2.30. The van der Waals surface area contributed by atoms with Crippen molar-refractivity contribution in [3.63, 3.8) is 0 Å². The average Bonchev–Trinajstić information content (AvgIpc) is 2.59. The molecule has 0 spiro atoms. The van der Waals surface area contributed by atoms with E-state index < -0.39 is 11.7 Å². The van der Waals surface area contributed by atoms with Crippen LogP contribution in [0.4, 0.5) is 14.5 Å². The number of nitrogens with one attached hydrogen (secondary N) is 1. The summed E-state index contributed by atoms with van der Waals surface area (Å²) in [5.41, 5.74) is 0.106. The molecule has 1 heterocycles. The van der Waals surface area contributed by atoms with Gasteiger partial charge in [0, 0.05) is 16.0 Å². The molecule has 1 aromatic heterocycles. The van der Waals surface area contributed by atoms with Crippen molar-refractivity contribution in [1.82, 2.24) is 9.78 Å². The summed E-state index contributed by atoms with van der Waals surface area (Å²) in [5, 5.41) is 7.79. The highest BCUT2D eigenvalue weighted by atomic mass is 32.2. The predicted octanol–water partition coefficient (Wildman–Crippen LogP) is 3.35. The van der Waals surface area contributed by atoms with Gasteiger partial charge in [-0.05, 0) is 30.3 Å². The van der Waals surface area contributed by atoms with E-state index in [2.05, 4.69) is 10.4 Å². The molecule has 0 radical (unpaired) electrons. The number of rotatable bonds is 5. The van der Waals surface area contributed by atoms with Crippen molar-refractivity contribution < 1.29 is 13.6 Å². The number of aromatic nitrogens is 2. The molecular weight excluding hydrogens is 348 g/mol. The number of anilines is 1. The molecule has 0 aliphatic carbocycles. The van der Waals surface area contributed by atoms with Crippen LogP contribution in [0.15, 0.2) is 64.4 Å². The average molecular weight is 361 g/mol. The molecule has 128 valence electrons. The zero-order chi connectivity index (χ0) is 17.8. The quantitative estimate of drug-likeness (QED) is 0.708. The van der Waals surface area contributed by atoms with Gasteiger partial charge in [0.1, 0.15) is 6.54 Å². The van der Waals surface area contributed by atoms with E-state index >= 15 is 0 Å². The summed E-state index contributed by atoms with van der Waals surface area (Å²) in [4.78, 5) is 24.8. The monoisotopic (exact) mass is 361 g/mol. The predicted molar refractivity (Wildman–Crippen MR) is 92.9 cm³/mol. The minimum Gasteiger partial charge on any atom is -0.324 e. The molecule has 3 aromatic rings. The number of carbonyl (C=O) groups is 1. The van der Waals surface area contributed by atoms with Gasteiger partial charge < -0.3 is 5.32 Å². The number of amides is 1. The molecule has 0 unspecified atom stereocenters. The fourth-order valence-corrected chi connectivity index (χ4v) is 2.80. The van der Waals surface area contributed by atoms with Gasteiger partial charge in [-0.2, -0.15) is 13.9 Å². The lowest BCUT2D eigenvalue weighted by atomic mass is 10.2. The third-order valence-corrected chi connectivity index (χ3v) is 4.14. The Morgan fingerprint density at radius 3 is 2.60 bits per heavy atom. The zero-order valence-electron chi connectivity index (χ0n) is 12.9. The van der Waals surface area contributed by atoms with E-state index in [1.165, 1.54) is 30.5 Å². The third kappa shape index (κ3) is 4.21. The Balaban J connectivity index is 1.70. The molecule has 0 aliphatic heterocycles. The van der Waals surface area contributed by atoms with E-state index in [-0.39, 0.29) is 12.1 Å². The second kappa shape index (κ2) is 7.43. The summed E-state index contributed by atoms with van der Waals surface area (Å²) >= 11 is 0.430. The van der Waals surface area contributed by atoms with Gasteiger partial charge >= 0.3 is 0 Å². The van der Waals surface area contributed by atoms with E-state index in [0.717, 1.165) is 4.68 Å².